The van der Waals surface area contributed by atoms with Crippen molar-refractivity contribution < 1.29 is 45.5 Å². The Morgan fingerprint density at radius 1 is 0.404 bits per heavy atom. The van der Waals surface area contributed by atoms with Gasteiger partial charge in [-0.3, -0.25) is 0 Å². The zero-order valence-electron chi connectivity index (χ0n) is 56.1. The molecule has 10 aromatic carbocycles. The number of furan rings is 1. The van der Waals surface area contributed by atoms with Gasteiger partial charge in [0.15, 0.2) is 0 Å². The van der Waals surface area contributed by atoms with E-state index in [1.165, 1.54) is 0 Å². The SMILES string of the molecule is [2H]c1c([2H])c(Cc2c([2H])c3c([2H])c([2H])c([2H])c([2H])c3c3c([2H])c([2H])c([2H])c([2H])c23)c([2H])c(-c2c3c([2H])c([2H])c([2H])c([2H])c3c(-c3c([2H])c([2H])c([2H])c4oc5c6c([2H])c([2H])c([2H])c([2H])c6c([2H])c([2H])c5c34)c3c([2H])c([2H])c([2H])c([2H])c23)c1[2H]. The molecule has 0 spiro atoms. The topological polar surface area (TPSA) is 13.1 Å². The van der Waals surface area contributed by atoms with Gasteiger partial charge < -0.3 is 4.42 Å². The highest BCUT2D eigenvalue weighted by Gasteiger charge is 2.21. The molecule has 0 aliphatic rings. The van der Waals surface area contributed by atoms with Gasteiger partial charge in [0, 0.05) is 16.2 Å². The van der Waals surface area contributed by atoms with Crippen molar-refractivity contribution in [1.29, 1.82) is 0 Å². The first-order chi connectivity index (χ1) is 38.3. The van der Waals surface area contributed by atoms with Crippen molar-refractivity contribution in [3.8, 4) is 22.3 Å². The summed E-state index contributed by atoms with van der Waals surface area (Å²) in [5.74, 6) is 0. The van der Waals surface area contributed by atoms with E-state index < -0.39 is 297 Å². The first-order valence-electron chi connectivity index (χ1n) is 30.6. The molecule has 0 aliphatic carbocycles. The van der Waals surface area contributed by atoms with Crippen molar-refractivity contribution >= 4 is 75.8 Å². The van der Waals surface area contributed by atoms with Gasteiger partial charge in [-0.1, -0.05) is 169 Å². The lowest BCUT2D eigenvalue weighted by atomic mass is 9.84. The molecular weight excluding hydrogens is 629 g/mol. The maximum Gasteiger partial charge on any atom is 0.143 e. The van der Waals surface area contributed by atoms with Crippen LogP contribution in [-0.4, -0.2) is 0 Å². The molecule has 0 atom stereocenters. The van der Waals surface area contributed by atoms with Crippen LogP contribution in [0.1, 0.15) is 52.2 Å². The quantitative estimate of drug-likeness (QED) is 0.132. The number of fused-ring (bicyclic) bond motifs is 10. The predicted octanol–water partition coefficient (Wildman–Crippen LogP) is 14.3. The highest BCUT2D eigenvalue weighted by molar-refractivity contribution is 6.27. The number of benzene rings is 10. The lowest BCUT2D eigenvalue weighted by Gasteiger charge is -2.19. The predicted molar refractivity (Wildman–Crippen MR) is 221 cm³/mol. The average Bonchev–Trinajstić information content (AvgIpc) is 3.60. The van der Waals surface area contributed by atoms with E-state index in [1.54, 1.807) is 0 Å². The molecule has 1 heterocycles. The van der Waals surface area contributed by atoms with Gasteiger partial charge in [-0.2, -0.15) is 0 Å². The Labute approximate surface area is 343 Å². The summed E-state index contributed by atoms with van der Waals surface area (Å²) in [6.07, 6.45) is -0.953. The standard InChI is InChI=1S/C51H32O/c1-4-19-39-33(14-1)27-28-46-50-45(25-12-26-47(50)52-51(39)46)49-43-23-9-7-21-41(43)48(42-22-8-10-24-44(42)49)35-16-11-13-32(29-35)30-36-31-34-15-2-3-17-37(34)40-20-6-5-18-38(36)40/h1-29,31H,30H2/i1D,2D,3D,4D,5D,6D,7D,8D,9D,10D,11D,12D,13D,14D,15D,16D,17D,18D,19D,20D,21D,22D,23D,24D,25D,26D,27D,28D,29D,31D. The third-order valence-electron chi connectivity index (χ3n) is 8.86. The molecular formula is C51H32O. The van der Waals surface area contributed by atoms with Crippen molar-refractivity contribution in [2.24, 2.45) is 0 Å². The summed E-state index contributed by atoms with van der Waals surface area (Å²) >= 11 is 0. The second-order valence-corrected chi connectivity index (χ2v) is 11.6. The Bertz CT molecular complexity index is 4870. The second kappa shape index (κ2) is 11.4. The van der Waals surface area contributed by atoms with Gasteiger partial charge in [0.2, 0.25) is 0 Å². The minimum atomic E-state index is -1.05. The van der Waals surface area contributed by atoms with E-state index in [4.69, 9.17) is 30.5 Å². The van der Waals surface area contributed by atoms with Crippen LogP contribution in [0, 0.1) is 0 Å². The van der Waals surface area contributed by atoms with Crippen molar-refractivity contribution in [3.05, 3.63) is 192 Å². The fraction of sp³-hybridized carbons (Fsp3) is 0.0196. The van der Waals surface area contributed by atoms with Crippen LogP contribution in [0.3, 0.4) is 0 Å². The maximum atomic E-state index is 9.98. The van der Waals surface area contributed by atoms with Crippen LogP contribution in [0.25, 0.3) is 98.1 Å². The third kappa shape index (κ3) is 4.36. The van der Waals surface area contributed by atoms with Crippen molar-refractivity contribution in [3.63, 3.8) is 0 Å². The van der Waals surface area contributed by atoms with Crippen LogP contribution in [0.2, 0.25) is 0 Å². The van der Waals surface area contributed by atoms with Gasteiger partial charge in [-0.25, -0.2) is 0 Å². The Hall–Kier alpha value is -6.70. The first-order valence-corrected chi connectivity index (χ1v) is 15.6. The zero-order chi connectivity index (χ0) is 60.3. The second-order valence-electron chi connectivity index (χ2n) is 11.6. The minimum Gasteiger partial charge on any atom is -0.455 e. The van der Waals surface area contributed by atoms with E-state index in [0.717, 1.165) is 0 Å². The summed E-state index contributed by atoms with van der Waals surface area (Å²) < 4.78 is 279. The summed E-state index contributed by atoms with van der Waals surface area (Å²) in [5, 5.41) is -7.02. The Balaban J connectivity index is 1.38. The van der Waals surface area contributed by atoms with Crippen molar-refractivity contribution in [2.45, 2.75) is 6.42 Å². The van der Waals surface area contributed by atoms with Crippen molar-refractivity contribution in [1.82, 2.24) is 0 Å². The van der Waals surface area contributed by atoms with E-state index in [9.17, 15) is 15.1 Å². The number of hydrogen-bond donors (Lipinski definition) is 0. The number of rotatable bonds is 4. The summed E-state index contributed by atoms with van der Waals surface area (Å²) in [7, 11) is 0. The summed E-state index contributed by atoms with van der Waals surface area (Å²) in [4.78, 5) is 0. The minimum absolute atomic E-state index is 0.463. The Morgan fingerprint density at radius 2 is 1.00 bits per heavy atom. The molecule has 1 heteroatoms. The Morgan fingerprint density at radius 3 is 1.75 bits per heavy atom. The average molecular weight is 691 g/mol. The van der Waals surface area contributed by atoms with Gasteiger partial charge >= 0.3 is 0 Å². The summed E-state index contributed by atoms with van der Waals surface area (Å²) in [6.45, 7) is 0. The van der Waals surface area contributed by atoms with Gasteiger partial charge in [0.25, 0.3) is 0 Å². The Kier molecular flexibility index (Phi) is 2.68. The highest BCUT2D eigenvalue weighted by Crippen LogP contribution is 2.47. The normalized spacial score (nSPS) is 20.0. The lowest BCUT2D eigenvalue weighted by molar-refractivity contribution is 0.673. The van der Waals surface area contributed by atoms with E-state index in [0.29, 0.717) is 0 Å². The van der Waals surface area contributed by atoms with Crippen LogP contribution in [0.5, 0.6) is 0 Å². The van der Waals surface area contributed by atoms with Crippen LogP contribution in [0.15, 0.2) is 186 Å². The summed E-state index contributed by atoms with van der Waals surface area (Å²) in [5.41, 5.74) is -5.32. The van der Waals surface area contributed by atoms with Crippen molar-refractivity contribution in [2.75, 3.05) is 0 Å². The van der Waals surface area contributed by atoms with E-state index in [1.807, 2.05) is 0 Å². The third-order valence-corrected chi connectivity index (χ3v) is 8.86. The number of hydrogen-bond acceptors (Lipinski definition) is 1. The van der Waals surface area contributed by atoms with Gasteiger partial charge in [0.1, 0.15) is 11.2 Å². The molecule has 0 bridgehead atoms. The van der Waals surface area contributed by atoms with Crippen LogP contribution >= 0.6 is 0 Å². The molecule has 11 aromatic rings. The molecule has 0 radical (unpaired) electrons. The smallest absolute Gasteiger partial charge is 0.143 e. The van der Waals surface area contributed by atoms with Crippen LogP contribution < -0.4 is 0 Å². The molecule has 1 nitrogen and oxygen atoms in total. The molecule has 11 rings (SSSR count). The van der Waals surface area contributed by atoms with Crippen LogP contribution in [-0.2, 0) is 6.42 Å². The molecule has 0 saturated carbocycles. The fourth-order valence-electron chi connectivity index (χ4n) is 6.72. The largest absolute Gasteiger partial charge is 0.455 e. The molecule has 0 unspecified atom stereocenters. The van der Waals surface area contributed by atoms with Gasteiger partial charge in [-0.15, -0.1) is 0 Å². The van der Waals surface area contributed by atoms with Crippen LogP contribution in [0.4, 0.5) is 0 Å². The zero-order valence-corrected chi connectivity index (χ0v) is 26.1. The lowest BCUT2D eigenvalue weighted by Crippen LogP contribution is -1.94. The van der Waals surface area contributed by atoms with E-state index in [-0.39, 0.29) is 0 Å². The highest BCUT2D eigenvalue weighted by atomic mass is 16.3. The molecule has 0 amide bonds. The molecule has 1 aromatic heterocycles. The monoisotopic (exact) mass is 690 g/mol. The fourth-order valence-corrected chi connectivity index (χ4v) is 6.72. The van der Waals surface area contributed by atoms with Gasteiger partial charge in [0.05, 0.1) is 41.1 Å². The maximum absolute atomic E-state index is 9.98. The summed E-state index contributed by atoms with van der Waals surface area (Å²) in [6, 6.07) is -26.9. The molecule has 0 N–H and O–H groups in total. The van der Waals surface area contributed by atoms with E-state index in [2.05, 4.69) is 0 Å². The molecule has 0 saturated heterocycles. The van der Waals surface area contributed by atoms with Gasteiger partial charge in [-0.05, 0) is 100 Å². The van der Waals surface area contributed by atoms with E-state index >= 15 is 0 Å². The molecule has 0 fully saturated rings. The molecule has 52 heavy (non-hydrogen) atoms. The molecule has 242 valence electrons. The molecule has 0 aliphatic heterocycles. The first kappa shape index (κ1) is 12.2.